The van der Waals surface area contributed by atoms with Gasteiger partial charge in [-0.25, -0.2) is 28.8 Å². The first-order valence-corrected chi connectivity index (χ1v) is 25.9. The van der Waals surface area contributed by atoms with Crippen LogP contribution in [0.15, 0.2) is 0 Å². The number of carbonyl (C=O) groups excluding carboxylic acids is 7. The molecule has 1 aromatic heterocycles. The van der Waals surface area contributed by atoms with Crippen molar-refractivity contribution in [2.24, 2.45) is 0 Å². The van der Waals surface area contributed by atoms with E-state index >= 15 is 0 Å². The highest BCUT2D eigenvalue weighted by Crippen LogP contribution is 2.27. The van der Waals surface area contributed by atoms with E-state index in [2.05, 4.69) is 21.0 Å². The number of hydrogen-bond acceptors (Lipinski definition) is 21. The van der Waals surface area contributed by atoms with Crippen LogP contribution in [0.2, 0.25) is 0 Å². The van der Waals surface area contributed by atoms with Crippen LogP contribution in [0.25, 0.3) is 0 Å². The summed E-state index contributed by atoms with van der Waals surface area (Å²) in [7, 11) is 0. The standard InChI is InChI=1S/C49H82N4O16S/c1-11-12-13-14-15-16-17-18-19-20-21-22-23-24-25-26-40(54)63-33(2)43(55)64-34(3)44(56)65-35(4)45(57)66-36(5)46(58)67-37(6)47(59)68-38(7)48(60)69-39(31-50-49(8,9)10)32-62-42-41(51-70-52-42)53-27-29-61-30-28-53/h33-39,50H,11-32H2,1-10H3/t33?,34?,35?,36?,37?,38?,39-/m0/s1. The van der Waals surface area contributed by atoms with E-state index < -0.39 is 84.5 Å². The number of rotatable bonds is 35. The zero-order valence-corrected chi connectivity index (χ0v) is 44.2. The third-order valence-corrected chi connectivity index (χ3v) is 11.6. The summed E-state index contributed by atoms with van der Waals surface area (Å²) in [5.74, 6) is -6.06. The molecule has 7 atom stereocenters. The zero-order chi connectivity index (χ0) is 52.1. The van der Waals surface area contributed by atoms with Gasteiger partial charge in [0.1, 0.15) is 12.7 Å². The monoisotopic (exact) mass is 1010 g/mol. The van der Waals surface area contributed by atoms with E-state index in [0.29, 0.717) is 38.5 Å². The number of ether oxygens (including phenoxy) is 9. The Balaban J connectivity index is 1.69. The molecule has 6 unspecified atom stereocenters. The summed E-state index contributed by atoms with van der Waals surface area (Å²) < 4.78 is 56.4. The predicted molar refractivity (Wildman–Crippen MR) is 259 cm³/mol. The van der Waals surface area contributed by atoms with Gasteiger partial charge in [-0.05, 0) is 68.7 Å². The minimum Gasteiger partial charge on any atom is -0.470 e. The van der Waals surface area contributed by atoms with Crippen LogP contribution in [0.3, 0.4) is 0 Å². The highest BCUT2D eigenvalue weighted by Gasteiger charge is 2.33. The van der Waals surface area contributed by atoms with Crippen LogP contribution in [0.5, 0.6) is 5.88 Å². The van der Waals surface area contributed by atoms with Crippen molar-refractivity contribution in [1.29, 1.82) is 0 Å². The van der Waals surface area contributed by atoms with Crippen molar-refractivity contribution in [2.45, 2.75) is 220 Å². The first-order chi connectivity index (χ1) is 33.2. The highest BCUT2D eigenvalue weighted by molar-refractivity contribution is 6.99. The normalized spacial score (nSPS) is 15.8. The van der Waals surface area contributed by atoms with Gasteiger partial charge in [-0.1, -0.05) is 96.8 Å². The van der Waals surface area contributed by atoms with E-state index in [1.165, 1.54) is 112 Å². The fourth-order valence-corrected chi connectivity index (χ4v) is 7.28. The molecule has 2 rings (SSSR count). The molecule has 1 aliphatic heterocycles. The van der Waals surface area contributed by atoms with Crippen molar-refractivity contribution >= 4 is 59.3 Å². The maximum atomic E-state index is 13.1. The SMILES string of the molecule is CCCCCCCCCCCCCCCCCC(=O)OC(C)C(=O)OC(C)C(=O)OC(C)C(=O)OC(C)C(=O)OC(C)C(=O)OC(C)C(=O)O[C@@H](CNC(C)(C)C)COc1nsnc1N1CCOCC1. The van der Waals surface area contributed by atoms with Crippen molar-refractivity contribution in [2.75, 3.05) is 44.4 Å². The number of anilines is 1. The molecule has 0 bridgehead atoms. The molecule has 21 heteroatoms. The molecule has 1 aliphatic rings. The summed E-state index contributed by atoms with van der Waals surface area (Å²) >= 11 is 0.987. The second kappa shape index (κ2) is 33.9. The van der Waals surface area contributed by atoms with Crippen molar-refractivity contribution in [3.63, 3.8) is 0 Å². The zero-order valence-electron chi connectivity index (χ0n) is 43.4. The summed E-state index contributed by atoms with van der Waals surface area (Å²) in [4.78, 5) is 91.0. The molecule has 0 aliphatic carbocycles. The van der Waals surface area contributed by atoms with Gasteiger partial charge in [-0.15, -0.1) is 4.37 Å². The molecule has 0 aromatic carbocycles. The fraction of sp³-hybridized carbons (Fsp3) is 0.816. The van der Waals surface area contributed by atoms with Gasteiger partial charge in [-0.2, -0.15) is 4.37 Å². The van der Waals surface area contributed by atoms with E-state index in [1.807, 2.05) is 25.7 Å². The Kier molecular flexibility index (Phi) is 29.7. The van der Waals surface area contributed by atoms with E-state index in [9.17, 15) is 33.6 Å². The Hall–Kier alpha value is -4.63. The molecule has 1 fully saturated rings. The van der Waals surface area contributed by atoms with E-state index in [4.69, 9.17) is 42.6 Å². The lowest BCUT2D eigenvalue weighted by Crippen LogP contribution is -2.45. The largest absolute Gasteiger partial charge is 0.470 e. The molecule has 20 nitrogen and oxygen atoms in total. The lowest BCUT2D eigenvalue weighted by atomic mass is 10.0. The predicted octanol–water partition coefficient (Wildman–Crippen LogP) is 6.91. The van der Waals surface area contributed by atoms with E-state index in [1.54, 1.807) is 0 Å². The van der Waals surface area contributed by atoms with Crippen LogP contribution in [0, 0.1) is 0 Å². The summed E-state index contributed by atoms with van der Waals surface area (Å²) in [5, 5.41) is 3.26. The Morgan fingerprint density at radius 2 is 0.929 bits per heavy atom. The topological polar surface area (TPSA) is 244 Å². The molecule has 1 saturated heterocycles. The van der Waals surface area contributed by atoms with Crippen LogP contribution in [0.4, 0.5) is 5.82 Å². The molecule has 0 radical (unpaired) electrons. The lowest BCUT2D eigenvalue weighted by molar-refractivity contribution is -0.188. The fourth-order valence-electron chi connectivity index (χ4n) is 6.76. The first-order valence-electron chi connectivity index (χ1n) is 25.2. The van der Waals surface area contributed by atoms with Crippen LogP contribution < -0.4 is 15.0 Å². The Labute approximate surface area is 418 Å². The Bertz CT molecular complexity index is 1730. The average Bonchev–Trinajstić information content (AvgIpc) is 3.79. The van der Waals surface area contributed by atoms with Gasteiger partial charge < -0.3 is 52.8 Å². The first kappa shape index (κ1) is 61.5. The second-order valence-electron chi connectivity index (χ2n) is 18.7. The van der Waals surface area contributed by atoms with Gasteiger partial charge in [0.15, 0.2) is 36.6 Å². The number of unbranched alkanes of at least 4 members (excludes halogenated alkanes) is 14. The second-order valence-corrected chi connectivity index (χ2v) is 19.2. The third kappa shape index (κ3) is 26.0. The Morgan fingerprint density at radius 3 is 1.33 bits per heavy atom. The maximum Gasteiger partial charge on any atom is 0.347 e. The molecular weight excluding hydrogens is 933 g/mol. The number of morpholine rings is 1. The summed E-state index contributed by atoms with van der Waals surface area (Å²) in [6.45, 7) is 17.8. The highest BCUT2D eigenvalue weighted by atomic mass is 32.1. The van der Waals surface area contributed by atoms with Gasteiger partial charge in [0.25, 0.3) is 5.88 Å². The number of hydrogen-bond donors (Lipinski definition) is 1. The number of nitrogens with zero attached hydrogens (tertiary/aromatic N) is 3. The number of esters is 7. The number of aromatic nitrogens is 2. The molecule has 0 amide bonds. The summed E-state index contributed by atoms with van der Waals surface area (Å²) in [6.07, 6.45) is 8.42. The molecule has 0 spiro atoms. The number of nitrogens with one attached hydrogen (secondary N) is 1. The minimum atomic E-state index is -1.57. The molecular formula is C49H82N4O16S. The molecule has 70 heavy (non-hydrogen) atoms. The van der Waals surface area contributed by atoms with Crippen molar-refractivity contribution < 1.29 is 76.2 Å². The lowest BCUT2D eigenvalue weighted by Gasteiger charge is -2.28. The molecule has 2 heterocycles. The van der Waals surface area contributed by atoms with Crippen LogP contribution in [0.1, 0.15) is 172 Å². The van der Waals surface area contributed by atoms with Crippen molar-refractivity contribution in [1.82, 2.24) is 14.1 Å². The third-order valence-electron chi connectivity index (χ3n) is 11.1. The van der Waals surface area contributed by atoms with Crippen molar-refractivity contribution in [3.8, 4) is 5.88 Å². The average molecular weight is 1020 g/mol. The summed E-state index contributed by atoms with van der Waals surface area (Å²) in [6, 6.07) is 0. The van der Waals surface area contributed by atoms with Gasteiger partial charge in [0, 0.05) is 31.6 Å². The smallest absolute Gasteiger partial charge is 0.347 e. The van der Waals surface area contributed by atoms with Gasteiger partial charge >= 0.3 is 41.8 Å². The van der Waals surface area contributed by atoms with Gasteiger partial charge in [0.05, 0.1) is 24.9 Å². The quantitative estimate of drug-likeness (QED) is 0.0413. The van der Waals surface area contributed by atoms with Gasteiger partial charge in [-0.3, -0.25) is 4.79 Å². The van der Waals surface area contributed by atoms with Crippen LogP contribution >= 0.6 is 11.7 Å². The number of carbonyl (C=O) groups is 7. The van der Waals surface area contributed by atoms with Crippen molar-refractivity contribution in [3.05, 3.63) is 0 Å². The van der Waals surface area contributed by atoms with Crippen LogP contribution in [-0.4, -0.2) is 138 Å². The van der Waals surface area contributed by atoms with E-state index in [-0.39, 0.29) is 31.0 Å². The molecule has 0 saturated carbocycles. The molecule has 1 N–H and O–H groups in total. The van der Waals surface area contributed by atoms with Crippen LogP contribution in [-0.2, 0) is 71.5 Å². The molecule has 1 aromatic rings. The Morgan fingerprint density at radius 1 is 0.557 bits per heavy atom. The van der Waals surface area contributed by atoms with Gasteiger partial charge in [0.2, 0.25) is 5.82 Å². The minimum absolute atomic E-state index is 0.0926. The summed E-state index contributed by atoms with van der Waals surface area (Å²) in [5.41, 5.74) is -0.337. The maximum absolute atomic E-state index is 13.1. The van der Waals surface area contributed by atoms with E-state index in [0.717, 1.165) is 31.0 Å². The molecule has 400 valence electrons.